The van der Waals surface area contributed by atoms with E-state index in [2.05, 4.69) is 22.7 Å². The normalized spacial score (nSPS) is 11.6. The lowest BCUT2D eigenvalue weighted by molar-refractivity contribution is -0.121. The van der Waals surface area contributed by atoms with Crippen molar-refractivity contribution in [2.45, 2.75) is 32.9 Å². The third-order valence-corrected chi connectivity index (χ3v) is 3.77. The fourth-order valence-electron chi connectivity index (χ4n) is 2.38. The fraction of sp³-hybridized carbons (Fsp3) is 0.421. The molecule has 0 saturated carbocycles. The Morgan fingerprint density at radius 3 is 2.73 bits per heavy atom. The average Bonchev–Trinajstić information content (AvgIpc) is 3.15. The van der Waals surface area contributed by atoms with Crippen molar-refractivity contribution in [3.63, 3.8) is 0 Å². The lowest BCUT2D eigenvalue weighted by Crippen LogP contribution is -2.31. The van der Waals surface area contributed by atoms with Gasteiger partial charge >= 0.3 is 6.09 Å². The summed E-state index contributed by atoms with van der Waals surface area (Å²) in [7, 11) is 0. The van der Waals surface area contributed by atoms with E-state index in [4.69, 9.17) is 4.74 Å². The first-order chi connectivity index (χ1) is 12.6. The van der Waals surface area contributed by atoms with Gasteiger partial charge in [0.05, 0.1) is 0 Å². The summed E-state index contributed by atoms with van der Waals surface area (Å²) in [4.78, 5) is 23.4. The van der Waals surface area contributed by atoms with Crippen LogP contribution in [0.25, 0.3) is 0 Å². The number of carbonyl (C=O) groups excluding carboxylic acids is 2. The maximum Gasteiger partial charge on any atom is 0.407 e. The maximum atomic E-state index is 11.8. The highest BCUT2D eigenvalue weighted by Gasteiger charge is 2.07. The van der Waals surface area contributed by atoms with Gasteiger partial charge in [-0.1, -0.05) is 37.3 Å². The van der Waals surface area contributed by atoms with E-state index < -0.39 is 6.09 Å². The number of hydrogen-bond donors (Lipinski definition) is 2. The Balaban J connectivity index is 1.49. The summed E-state index contributed by atoms with van der Waals surface area (Å²) in [6, 6.07) is 11.4. The zero-order valence-corrected chi connectivity index (χ0v) is 15.1. The number of nitrogens with zero attached hydrogens (tertiary/aromatic N) is 2. The van der Waals surface area contributed by atoms with Gasteiger partial charge in [-0.05, 0) is 24.0 Å². The quantitative estimate of drug-likeness (QED) is 0.639. The van der Waals surface area contributed by atoms with Crippen LogP contribution in [0.5, 0.6) is 0 Å². The van der Waals surface area contributed by atoms with E-state index >= 15 is 0 Å². The van der Waals surface area contributed by atoms with Gasteiger partial charge in [-0.15, -0.1) is 0 Å². The van der Waals surface area contributed by atoms with E-state index in [1.54, 1.807) is 6.20 Å². The summed E-state index contributed by atoms with van der Waals surface area (Å²) in [5.41, 5.74) is 0.936. The van der Waals surface area contributed by atoms with Crippen LogP contribution in [0.2, 0.25) is 0 Å². The number of rotatable bonds is 10. The molecule has 7 heteroatoms. The molecule has 1 heterocycles. The molecule has 7 nitrogen and oxygen atoms in total. The van der Waals surface area contributed by atoms with Gasteiger partial charge in [0.15, 0.2) is 0 Å². The van der Waals surface area contributed by atoms with Crippen molar-refractivity contribution < 1.29 is 14.3 Å². The Morgan fingerprint density at radius 2 is 2.00 bits per heavy atom. The van der Waals surface area contributed by atoms with Crippen molar-refractivity contribution in [2.24, 2.45) is 5.92 Å². The predicted molar refractivity (Wildman–Crippen MR) is 98.3 cm³/mol. The number of hydrogen-bond acceptors (Lipinski definition) is 4. The zero-order valence-electron chi connectivity index (χ0n) is 15.1. The molecule has 0 aliphatic carbocycles. The molecular formula is C19H26N4O3. The monoisotopic (exact) mass is 358 g/mol. The molecule has 0 radical (unpaired) electrons. The predicted octanol–water partition coefficient (Wildman–Crippen LogP) is 2.34. The Hall–Kier alpha value is -2.83. The van der Waals surface area contributed by atoms with Crippen molar-refractivity contribution in [1.29, 1.82) is 0 Å². The third-order valence-electron chi connectivity index (χ3n) is 3.77. The van der Waals surface area contributed by atoms with Crippen LogP contribution in [0.4, 0.5) is 4.79 Å². The SMILES string of the molecule is CC(CNC(=O)CCCNC(=O)OCc1ccccc1)Cn1cccn1. The van der Waals surface area contributed by atoms with Crippen LogP contribution in [-0.4, -0.2) is 34.9 Å². The second kappa shape index (κ2) is 10.9. The van der Waals surface area contributed by atoms with Crippen LogP contribution in [0.15, 0.2) is 48.8 Å². The molecule has 2 aromatic rings. The molecule has 2 rings (SSSR count). The summed E-state index contributed by atoms with van der Waals surface area (Å²) in [5.74, 6) is 0.279. The van der Waals surface area contributed by atoms with Crippen LogP contribution in [-0.2, 0) is 22.7 Å². The highest BCUT2D eigenvalue weighted by Crippen LogP contribution is 2.01. The van der Waals surface area contributed by atoms with E-state index in [0.717, 1.165) is 12.1 Å². The van der Waals surface area contributed by atoms with Gasteiger partial charge in [-0.3, -0.25) is 9.48 Å². The standard InChI is InChI=1S/C19H26N4O3/c1-16(14-23-12-6-11-22-23)13-21-18(24)9-5-10-20-19(25)26-15-17-7-3-2-4-8-17/h2-4,6-8,11-12,16H,5,9-10,13-15H2,1H3,(H,20,25)(H,21,24). The van der Waals surface area contributed by atoms with E-state index in [9.17, 15) is 9.59 Å². The molecule has 0 fully saturated rings. The lowest BCUT2D eigenvalue weighted by Gasteiger charge is -2.13. The first-order valence-corrected chi connectivity index (χ1v) is 8.82. The molecule has 2 amide bonds. The Morgan fingerprint density at radius 1 is 1.19 bits per heavy atom. The zero-order chi connectivity index (χ0) is 18.6. The van der Waals surface area contributed by atoms with Gasteiger partial charge in [-0.2, -0.15) is 5.10 Å². The van der Waals surface area contributed by atoms with Gasteiger partial charge < -0.3 is 15.4 Å². The molecule has 1 aromatic carbocycles. The molecule has 0 saturated heterocycles. The average molecular weight is 358 g/mol. The van der Waals surface area contributed by atoms with E-state index in [0.29, 0.717) is 31.8 Å². The molecule has 0 aliphatic heterocycles. The summed E-state index contributed by atoms with van der Waals surface area (Å²) in [5, 5.41) is 9.70. The minimum atomic E-state index is -0.470. The Labute approximate surface area is 153 Å². The van der Waals surface area contributed by atoms with E-state index in [1.807, 2.05) is 47.3 Å². The minimum Gasteiger partial charge on any atom is -0.445 e. The van der Waals surface area contributed by atoms with Crippen molar-refractivity contribution in [2.75, 3.05) is 13.1 Å². The number of carbonyl (C=O) groups is 2. The van der Waals surface area contributed by atoms with Crippen molar-refractivity contribution in [3.8, 4) is 0 Å². The molecule has 2 N–H and O–H groups in total. The number of nitrogens with one attached hydrogen (secondary N) is 2. The largest absolute Gasteiger partial charge is 0.445 e. The van der Waals surface area contributed by atoms with Crippen LogP contribution in [0.1, 0.15) is 25.3 Å². The second-order valence-corrected chi connectivity index (χ2v) is 6.23. The highest BCUT2D eigenvalue weighted by atomic mass is 16.5. The Bertz CT molecular complexity index is 659. The highest BCUT2D eigenvalue weighted by molar-refractivity contribution is 5.75. The molecule has 1 atom stereocenters. The number of aromatic nitrogens is 2. The first kappa shape index (κ1) is 19.5. The first-order valence-electron chi connectivity index (χ1n) is 8.82. The maximum absolute atomic E-state index is 11.8. The summed E-state index contributed by atoms with van der Waals surface area (Å²) >= 11 is 0. The van der Waals surface area contributed by atoms with Crippen LogP contribution < -0.4 is 10.6 Å². The number of benzene rings is 1. The van der Waals surface area contributed by atoms with E-state index in [-0.39, 0.29) is 12.5 Å². The van der Waals surface area contributed by atoms with Gasteiger partial charge in [-0.25, -0.2) is 4.79 Å². The Kier molecular flexibility index (Phi) is 8.18. The van der Waals surface area contributed by atoms with Gasteiger partial charge in [0.2, 0.25) is 5.91 Å². The van der Waals surface area contributed by atoms with E-state index in [1.165, 1.54) is 0 Å². The summed E-state index contributed by atoms with van der Waals surface area (Å²) < 4.78 is 6.95. The summed E-state index contributed by atoms with van der Waals surface area (Å²) in [6.45, 7) is 4.07. The van der Waals surface area contributed by atoms with Crippen LogP contribution in [0.3, 0.4) is 0 Å². The molecule has 0 aliphatic rings. The lowest BCUT2D eigenvalue weighted by atomic mass is 10.2. The molecule has 26 heavy (non-hydrogen) atoms. The third kappa shape index (κ3) is 7.83. The topological polar surface area (TPSA) is 85.3 Å². The van der Waals surface area contributed by atoms with Crippen LogP contribution >= 0.6 is 0 Å². The molecule has 0 bridgehead atoms. The molecule has 1 aromatic heterocycles. The number of alkyl carbamates (subject to hydrolysis) is 1. The second-order valence-electron chi connectivity index (χ2n) is 6.23. The minimum absolute atomic E-state index is 0.0169. The molecule has 1 unspecified atom stereocenters. The van der Waals surface area contributed by atoms with Gasteiger partial charge in [0.25, 0.3) is 0 Å². The number of amides is 2. The molecule has 0 spiro atoms. The van der Waals surface area contributed by atoms with Gasteiger partial charge in [0, 0.05) is 38.4 Å². The fourth-order valence-corrected chi connectivity index (χ4v) is 2.38. The van der Waals surface area contributed by atoms with Crippen molar-refractivity contribution in [3.05, 3.63) is 54.4 Å². The number of ether oxygens (including phenoxy) is 1. The van der Waals surface area contributed by atoms with Gasteiger partial charge in [0.1, 0.15) is 6.61 Å². The summed E-state index contributed by atoms with van der Waals surface area (Å²) in [6.07, 6.45) is 4.11. The molecule has 140 valence electrons. The van der Waals surface area contributed by atoms with Crippen molar-refractivity contribution >= 4 is 12.0 Å². The van der Waals surface area contributed by atoms with Crippen LogP contribution in [0, 0.1) is 5.92 Å². The molecular weight excluding hydrogens is 332 g/mol. The van der Waals surface area contributed by atoms with Crippen molar-refractivity contribution in [1.82, 2.24) is 20.4 Å². The smallest absolute Gasteiger partial charge is 0.407 e.